The minimum atomic E-state index is 0.250. The van der Waals surface area contributed by atoms with Gasteiger partial charge < -0.3 is 14.8 Å². The highest BCUT2D eigenvalue weighted by Gasteiger charge is 2.30. The van der Waals surface area contributed by atoms with Crippen LogP contribution in [0.5, 0.6) is 11.9 Å². The molecule has 0 amide bonds. The molecule has 1 saturated carbocycles. The molecule has 100 valence electrons. The first-order valence-electron chi connectivity index (χ1n) is 6.51. The molecule has 1 heterocycles. The van der Waals surface area contributed by atoms with E-state index in [1.54, 1.807) is 0 Å². The summed E-state index contributed by atoms with van der Waals surface area (Å²) in [7, 11) is 1.98. The number of ether oxygens (including phenoxy) is 2. The number of hydrogen-bond acceptors (Lipinski definition) is 5. The molecule has 5 heteroatoms. The molecule has 1 fully saturated rings. The first-order valence-corrected chi connectivity index (χ1v) is 6.51. The van der Waals surface area contributed by atoms with E-state index in [4.69, 9.17) is 9.47 Å². The molecule has 0 bridgehead atoms. The highest BCUT2D eigenvalue weighted by molar-refractivity contribution is 5.17. The van der Waals surface area contributed by atoms with Crippen LogP contribution in [0.4, 0.5) is 0 Å². The van der Waals surface area contributed by atoms with Gasteiger partial charge in [0, 0.05) is 11.8 Å². The van der Waals surface area contributed by atoms with Gasteiger partial charge >= 0.3 is 6.01 Å². The van der Waals surface area contributed by atoms with Gasteiger partial charge in [0.05, 0.1) is 6.61 Å². The first-order chi connectivity index (χ1) is 8.71. The van der Waals surface area contributed by atoms with E-state index in [0.29, 0.717) is 18.5 Å². The Hall–Kier alpha value is -1.36. The summed E-state index contributed by atoms with van der Waals surface area (Å²) < 4.78 is 11.1. The number of rotatable bonds is 6. The largest absolute Gasteiger partial charge is 0.478 e. The van der Waals surface area contributed by atoms with Gasteiger partial charge in [-0.2, -0.15) is 4.98 Å². The van der Waals surface area contributed by atoms with Crippen LogP contribution in [0.15, 0.2) is 6.07 Å². The van der Waals surface area contributed by atoms with Crippen LogP contribution in [-0.4, -0.2) is 36.3 Å². The van der Waals surface area contributed by atoms with Crippen molar-refractivity contribution in [3.63, 3.8) is 0 Å². The Labute approximate surface area is 108 Å². The standard InChI is InChI=1S/C13H21N3O2/c1-4-17-12-5-9(2)15-13(16-12)18-11-6-10(7-11)8-14-3/h5,10-11,14H,4,6-8H2,1-3H3. The van der Waals surface area contributed by atoms with E-state index in [-0.39, 0.29) is 6.10 Å². The van der Waals surface area contributed by atoms with Crippen LogP contribution in [0, 0.1) is 12.8 Å². The second-order valence-electron chi connectivity index (χ2n) is 4.70. The smallest absolute Gasteiger partial charge is 0.320 e. The third-order valence-corrected chi connectivity index (χ3v) is 3.06. The molecule has 1 aromatic heterocycles. The van der Waals surface area contributed by atoms with Crippen molar-refractivity contribution in [1.29, 1.82) is 0 Å². The predicted molar refractivity (Wildman–Crippen MR) is 69.0 cm³/mol. The quantitative estimate of drug-likeness (QED) is 0.831. The van der Waals surface area contributed by atoms with Crippen LogP contribution in [0.1, 0.15) is 25.5 Å². The summed E-state index contributed by atoms with van der Waals surface area (Å²) in [5.74, 6) is 1.31. The minimum Gasteiger partial charge on any atom is -0.478 e. The van der Waals surface area contributed by atoms with E-state index < -0.39 is 0 Å². The lowest BCUT2D eigenvalue weighted by Gasteiger charge is -2.34. The lowest BCUT2D eigenvalue weighted by Crippen LogP contribution is -2.39. The maximum Gasteiger partial charge on any atom is 0.320 e. The molecule has 0 aliphatic heterocycles. The lowest BCUT2D eigenvalue weighted by atomic mass is 9.82. The third-order valence-electron chi connectivity index (χ3n) is 3.06. The van der Waals surface area contributed by atoms with Gasteiger partial charge in [-0.3, -0.25) is 0 Å². The first kappa shape index (κ1) is 13.1. The molecule has 0 saturated heterocycles. The fourth-order valence-corrected chi connectivity index (χ4v) is 2.16. The molecule has 1 aromatic rings. The van der Waals surface area contributed by atoms with Crippen molar-refractivity contribution in [1.82, 2.24) is 15.3 Å². The lowest BCUT2D eigenvalue weighted by molar-refractivity contribution is 0.0564. The summed E-state index contributed by atoms with van der Waals surface area (Å²) in [4.78, 5) is 8.52. The number of nitrogens with zero attached hydrogens (tertiary/aromatic N) is 2. The van der Waals surface area contributed by atoms with Crippen LogP contribution in [0.2, 0.25) is 0 Å². The molecule has 0 spiro atoms. The maximum atomic E-state index is 5.76. The molecule has 2 rings (SSSR count). The molecule has 1 aliphatic carbocycles. The SMILES string of the molecule is CCOc1cc(C)nc(OC2CC(CNC)C2)n1. The van der Waals surface area contributed by atoms with Gasteiger partial charge in [-0.15, -0.1) is 0 Å². The van der Waals surface area contributed by atoms with Gasteiger partial charge in [0.1, 0.15) is 6.10 Å². The van der Waals surface area contributed by atoms with E-state index in [9.17, 15) is 0 Å². The minimum absolute atomic E-state index is 0.250. The molecule has 0 atom stereocenters. The van der Waals surface area contributed by atoms with E-state index >= 15 is 0 Å². The monoisotopic (exact) mass is 251 g/mol. The zero-order valence-electron chi connectivity index (χ0n) is 11.3. The van der Waals surface area contributed by atoms with Crippen molar-refractivity contribution in [2.24, 2.45) is 5.92 Å². The van der Waals surface area contributed by atoms with E-state index in [1.165, 1.54) is 0 Å². The average Bonchev–Trinajstić information content (AvgIpc) is 2.26. The van der Waals surface area contributed by atoms with E-state index in [0.717, 1.165) is 31.0 Å². The molecule has 5 nitrogen and oxygen atoms in total. The second kappa shape index (κ2) is 6.00. The maximum absolute atomic E-state index is 5.76. The van der Waals surface area contributed by atoms with Crippen LogP contribution < -0.4 is 14.8 Å². The molecule has 0 aromatic carbocycles. The highest BCUT2D eigenvalue weighted by Crippen LogP contribution is 2.30. The zero-order chi connectivity index (χ0) is 13.0. The molecule has 1 aliphatic rings. The Balaban J connectivity index is 1.90. The molecular formula is C13H21N3O2. The summed E-state index contributed by atoms with van der Waals surface area (Å²) in [5, 5.41) is 3.18. The number of aromatic nitrogens is 2. The molecule has 1 N–H and O–H groups in total. The van der Waals surface area contributed by atoms with Crippen molar-refractivity contribution in [2.45, 2.75) is 32.8 Å². The average molecular weight is 251 g/mol. The Morgan fingerprint density at radius 3 is 2.83 bits per heavy atom. The van der Waals surface area contributed by atoms with Gasteiger partial charge in [-0.05, 0) is 46.2 Å². The fourth-order valence-electron chi connectivity index (χ4n) is 2.16. The molecule has 0 radical (unpaired) electrons. The van der Waals surface area contributed by atoms with E-state index in [1.807, 2.05) is 27.0 Å². The Bertz CT molecular complexity index is 392. The van der Waals surface area contributed by atoms with Crippen molar-refractivity contribution in [3.05, 3.63) is 11.8 Å². The summed E-state index contributed by atoms with van der Waals surface area (Å²) in [5.41, 5.74) is 0.870. The zero-order valence-corrected chi connectivity index (χ0v) is 11.3. The fraction of sp³-hybridized carbons (Fsp3) is 0.692. The summed E-state index contributed by atoms with van der Waals surface area (Å²) in [6.07, 6.45) is 2.39. The predicted octanol–water partition coefficient (Wildman–Crippen LogP) is 1.56. The van der Waals surface area contributed by atoms with Crippen molar-refractivity contribution in [3.8, 4) is 11.9 Å². The van der Waals surface area contributed by atoms with Crippen LogP contribution in [-0.2, 0) is 0 Å². The summed E-state index contributed by atoms with van der Waals surface area (Å²) in [6, 6.07) is 2.26. The van der Waals surface area contributed by atoms with E-state index in [2.05, 4.69) is 15.3 Å². The highest BCUT2D eigenvalue weighted by atomic mass is 16.5. The van der Waals surface area contributed by atoms with Gasteiger partial charge in [0.15, 0.2) is 0 Å². The second-order valence-corrected chi connectivity index (χ2v) is 4.70. The van der Waals surface area contributed by atoms with Crippen LogP contribution in [0.25, 0.3) is 0 Å². The van der Waals surface area contributed by atoms with Gasteiger partial charge in [-0.25, -0.2) is 4.98 Å². The van der Waals surface area contributed by atoms with Gasteiger partial charge in [0.25, 0.3) is 0 Å². The molecular weight excluding hydrogens is 230 g/mol. The Morgan fingerprint density at radius 1 is 1.39 bits per heavy atom. The topological polar surface area (TPSA) is 56.3 Å². The van der Waals surface area contributed by atoms with Gasteiger partial charge in [0.2, 0.25) is 5.88 Å². The number of nitrogens with one attached hydrogen (secondary N) is 1. The van der Waals surface area contributed by atoms with Crippen molar-refractivity contribution < 1.29 is 9.47 Å². The van der Waals surface area contributed by atoms with Crippen molar-refractivity contribution in [2.75, 3.05) is 20.2 Å². The summed E-state index contributed by atoms with van der Waals surface area (Å²) >= 11 is 0. The number of aryl methyl sites for hydroxylation is 1. The Morgan fingerprint density at radius 2 is 2.17 bits per heavy atom. The van der Waals surface area contributed by atoms with Crippen LogP contribution >= 0.6 is 0 Å². The summed E-state index contributed by atoms with van der Waals surface area (Å²) in [6.45, 7) is 5.51. The third kappa shape index (κ3) is 3.32. The van der Waals surface area contributed by atoms with Crippen LogP contribution in [0.3, 0.4) is 0 Å². The molecule has 0 unspecified atom stereocenters. The number of hydrogen-bond donors (Lipinski definition) is 1. The van der Waals surface area contributed by atoms with Gasteiger partial charge in [-0.1, -0.05) is 0 Å². The molecule has 18 heavy (non-hydrogen) atoms. The van der Waals surface area contributed by atoms with Crippen molar-refractivity contribution >= 4 is 0 Å². The Kier molecular flexibility index (Phi) is 4.36. The normalized spacial score (nSPS) is 22.4.